The van der Waals surface area contributed by atoms with Gasteiger partial charge in [-0.25, -0.2) is 4.39 Å². The highest BCUT2D eigenvalue weighted by atomic mass is 32.2. The number of amides is 1. The standard InChI is InChI=1S/C19H17FN4OS/c1-23-18(14-7-3-4-8-15(14)20)21-22-19(23)26-12-17(25)24-11-10-13-6-2-5-9-16(13)24/h2-9H,10-12H2,1H3. The summed E-state index contributed by atoms with van der Waals surface area (Å²) in [6, 6.07) is 14.4. The molecular formula is C19H17FN4OS. The summed E-state index contributed by atoms with van der Waals surface area (Å²) in [6.45, 7) is 0.706. The van der Waals surface area contributed by atoms with Crippen LogP contribution in [0.2, 0.25) is 0 Å². The molecule has 5 nitrogen and oxygen atoms in total. The molecule has 0 N–H and O–H groups in total. The van der Waals surface area contributed by atoms with E-state index in [1.807, 2.05) is 23.1 Å². The summed E-state index contributed by atoms with van der Waals surface area (Å²) >= 11 is 1.31. The highest BCUT2D eigenvalue weighted by molar-refractivity contribution is 7.99. The number of fused-ring (bicyclic) bond motifs is 1. The summed E-state index contributed by atoms with van der Waals surface area (Å²) in [5.41, 5.74) is 2.59. The number of aromatic nitrogens is 3. The van der Waals surface area contributed by atoms with Gasteiger partial charge in [0.15, 0.2) is 11.0 Å². The molecule has 1 amide bonds. The molecule has 0 radical (unpaired) electrons. The predicted molar refractivity (Wildman–Crippen MR) is 99.6 cm³/mol. The van der Waals surface area contributed by atoms with E-state index >= 15 is 0 Å². The van der Waals surface area contributed by atoms with Gasteiger partial charge in [-0.15, -0.1) is 10.2 Å². The normalized spacial score (nSPS) is 13.1. The van der Waals surface area contributed by atoms with Gasteiger partial charge in [-0.2, -0.15) is 0 Å². The van der Waals surface area contributed by atoms with Gasteiger partial charge in [0, 0.05) is 19.3 Å². The van der Waals surface area contributed by atoms with Gasteiger partial charge in [-0.1, -0.05) is 42.1 Å². The molecule has 0 saturated heterocycles. The van der Waals surface area contributed by atoms with E-state index in [1.165, 1.54) is 23.4 Å². The average molecular weight is 368 g/mol. The van der Waals surface area contributed by atoms with E-state index in [0.29, 0.717) is 23.1 Å². The number of anilines is 1. The molecule has 2 heterocycles. The third-order valence-electron chi connectivity index (χ3n) is 4.46. The molecule has 0 saturated carbocycles. The fraction of sp³-hybridized carbons (Fsp3) is 0.211. The third-order valence-corrected chi connectivity index (χ3v) is 5.47. The molecule has 1 aliphatic rings. The Hall–Kier alpha value is -2.67. The molecule has 1 aliphatic heterocycles. The molecule has 0 bridgehead atoms. The van der Waals surface area contributed by atoms with Crippen LogP contribution in [-0.4, -0.2) is 33.0 Å². The predicted octanol–water partition coefficient (Wildman–Crippen LogP) is 3.30. The van der Waals surface area contributed by atoms with Crippen LogP contribution < -0.4 is 4.90 Å². The quantitative estimate of drug-likeness (QED) is 0.663. The number of hydrogen-bond donors (Lipinski definition) is 0. The van der Waals surface area contributed by atoms with Gasteiger partial charge < -0.3 is 9.47 Å². The maximum Gasteiger partial charge on any atom is 0.237 e. The maximum atomic E-state index is 14.0. The molecule has 0 aliphatic carbocycles. The molecule has 3 aromatic rings. The maximum absolute atomic E-state index is 14.0. The zero-order valence-electron chi connectivity index (χ0n) is 14.2. The summed E-state index contributed by atoms with van der Waals surface area (Å²) < 4.78 is 15.7. The van der Waals surface area contributed by atoms with Crippen molar-refractivity contribution in [1.82, 2.24) is 14.8 Å². The number of hydrogen-bond acceptors (Lipinski definition) is 4. The van der Waals surface area contributed by atoms with Gasteiger partial charge in [-0.05, 0) is 30.2 Å². The van der Waals surface area contributed by atoms with Crippen molar-refractivity contribution in [3.63, 3.8) is 0 Å². The first-order valence-electron chi connectivity index (χ1n) is 8.30. The second-order valence-corrected chi connectivity index (χ2v) is 7.00. The van der Waals surface area contributed by atoms with E-state index < -0.39 is 0 Å². The van der Waals surface area contributed by atoms with Crippen molar-refractivity contribution in [2.24, 2.45) is 7.05 Å². The van der Waals surface area contributed by atoms with Crippen LogP contribution in [-0.2, 0) is 18.3 Å². The lowest BCUT2D eigenvalue weighted by atomic mass is 10.2. The summed E-state index contributed by atoms with van der Waals surface area (Å²) in [4.78, 5) is 14.4. The molecule has 0 spiro atoms. The fourth-order valence-corrected chi connectivity index (χ4v) is 3.91. The van der Waals surface area contributed by atoms with Crippen LogP contribution >= 0.6 is 11.8 Å². The Kier molecular flexibility index (Phi) is 4.46. The summed E-state index contributed by atoms with van der Waals surface area (Å²) in [7, 11) is 1.78. The van der Waals surface area contributed by atoms with Crippen LogP contribution in [0.15, 0.2) is 53.7 Å². The lowest BCUT2D eigenvalue weighted by molar-refractivity contribution is -0.116. The van der Waals surface area contributed by atoms with E-state index in [4.69, 9.17) is 0 Å². The Bertz CT molecular complexity index is 972. The van der Waals surface area contributed by atoms with Crippen molar-refractivity contribution in [2.75, 3.05) is 17.2 Å². The van der Waals surface area contributed by atoms with Gasteiger partial charge in [0.05, 0.1) is 11.3 Å². The van der Waals surface area contributed by atoms with Crippen molar-refractivity contribution in [1.29, 1.82) is 0 Å². The van der Waals surface area contributed by atoms with Crippen molar-refractivity contribution in [3.8, 4) is 11.4 Å². The molecule has 0 fully saturated rings. The Labute approximate surface area is 154 Å². The molecule has 0 atom stereocenters. The molecule has 2 aromatic carbocycles. The topological polar surface area (TPSA) is 51.0 Å². The zero-order chi connectivity index (χ0) is 18.1. The monoisotopic (exact) mass is 368 g/mol. The summed E-state index contributed by atoms with van der Waals surface area (Å²) in [5.74, 6) is 0.404. The van der Waals surface area contributed by atoms with Gasteiger partial charge >= 0.3 is 0 Å². The molecular weight excluding hydrogens is 351 g/mol. The third kappa shape index (κ3) is 2.99. The number of nitrogens with zero attached hydrogens (tertiary/aromatic N) is 4. The minimum Gasteiger partial charge on any atom is -0.311 e. The lowest BCUT2D eigenvalue weighted by Crippen LogP contribution is -2.30. The van der Waals surface area contributed by atoms with Crippen LogP contribution in [0.25, 0.3) is 11.4 Å². The van der Waals surface area contributed by atoms with E-state index in [9.17, 15) is 9.18 Å². The van der Waals surface area contributed by atoms with Crippen molar-refractivity contribution in [2.45, 2.75) is 11.6 Å². The highest BCUT2D eigenvalue weighted by Crippen LogP contribution is 2.29. The first kappa shape index (κ1) is 16.8. The number of para-hydroxylation sites is 1. The highest BCUT2D eigenvalue weighted by Gasteiger charge is 2.24. The Morgan fingerprint density at radius 2 is 1.92 bits per heavy atom. The number of carbonyl (C=O) groups excluding carboxylic acids is 1. The van der Waals surface area contributed by atoms with Crippen LogP contribution in [0.1, 0.15) is 5.56 Å². The second kappa shape index (κ2) is 6.92. The Morgan fingerprint density at radius 1 is 1.15 bits per heavy atom. The first-order valence-corrected chi connectivity index (χ1v) is 9.29. The van der Waals surface area contributed by atoms with E-state index in [0.717, 1.165) is 12.1 Å². The molecule has 26 heavy (non-hydrogen) atoms. The molecule has 4 rings (SSSR count). The first-order chi connectivity index (χ1) is 12.6. The Morgan fingerprint density at radius 3 is 2.77 bits per heavy atom. The number of thioether (sulfide) groups is 1. The van der Waals surface area contributed by atoms with E-state index in [2.05, 4.69) is 16.3 Å². The minimum atomic E-state index is -0.343. The summed E-state index contributed by atoms with van der Waals surface area (Å²) in [6.07, 6.45) is 0.883. The van der Waals surface area contributed by atoms with Gasteiger partial charge in [-0.3, -0.25) is 4.79 Å². The number of carbonyl (C=O) groups is 1. The molecule has 132 valence electrons. The largest absolute Gasteiger partial charge is 0.311 e. The lowest BCUT2D eigenvalue weighted by Gasteiger charge is -2.16. The SMILES string of the molecule is Cn1c(SCC(=O)N2CCc3ccccc32)nnc1-c1ccccc1F. The fourth-order valence-electron chi connectivity index (χ4n) is 3.12. The molecule has 0 unspecified atom stereocenters. The minimum absolute atomic E-state index is 0.0374. The van der Waals surface area contributed by atoms with Crippen molar-refractivity contribution < 1.29 is 9.18 Å². The Balaban J connectivity index is 1.48. The molecule has 7 heteroatoms. The summed E-state index contributed by atoms with van der Waals surface area (Å²) in [5, 5.41) is 8.79. The molecule has 1 aromatic heterocycles. The van der Waals surface area contributed by atoms with Crippen LogP contribution in [0.3, 0.4) is 0 Å². The number of rotatable bonds is 4. The van der Waals surface area contributed by atoms with Crippen molar-refractivity contribution in [3.05, 3.63) is 59.9 Å². The van der Waals surface area contributed by atoms with Crippen LogP contribution in [0, 0.1) is 5.82 Å². The van der Waals surface area contributed by atoms with Crippen molar-refractivity contribution >= 4 is 23.4 Å². The number of halogens is 1. The van der Waals surface area contributed by atoms with E-state index in [-0.39, 0.29) is 17.5 Å². The van der Waals surface area contributed by atoms with Crippen LogP contribution in [0.4, 0.5) is 10.1 Å². The number of benzene rings is 2. The van der Waals surface area contributed by atoms with Gasteiger partial charge in [0.1, 0.15) is 5.82 Å². The van der Waals surface area contributed by atoms with Gasteiger partial charge in [0.25, 0.3) is 0 Å². The van der Waals surface area contributed by atoms with Gasteiger partial charge in [0.2, 0.25) is 5.91 Å². The van der Waals surface area contributed by atoms with Crippen LogP contribution in [0.5, 0.6) is 0 Å². The smallest absolute Gasteiger partial charge is 0.237 e. The zero-order valence-corrected chi connectivity index (χ0v) is 15.0. The average Bonchev–Trinajstić information content (AvgIpc) is 3.24. The van der Waals surface area contributed by atoms with E-state index in [1.54, 1.807) is 29.8 Å². The second-order valence-electron chi connectivity index (χ2n) is 6.06.